The molecule has 2 aromatic heterocycles. The molecule has 2 aromatic carbocycles. The zero-order chi connectivity index (χ0) is 21.4. The Hall–Kier alpha value is -2.60. The predicted octanol–water partition coefficient (Wildman–Crippen LogP) is 6.12. The monoisotopic (exact) mass is 452 g/mol. The number of aromatic amines is 1. The molecule has 5 nitrogen and oxygen atoms in total. The highest BCUT2D eigenvalue weighted by atomic mass is 35.5. The topological polar surface area (TPSA) is 54.0 Å². The molecule has 158 valence electrons. The molecule has 1 fully saturated rings. The SMILES string of the molecule is C[C@@H]1C[C@@H](OCc2ccccc2)CN1c1cc(-c2cn[nH]c2)c2ccc(Cl)c(Cl)c2n1. The van der Waals surface area contributed by atoms with Crippen LogP contribution in [0, 0.1) is 0 Å². The zero-order valence-corrected chi connectivity index (χ0v) is 18.6. The van der Waals surface area contributed by atoms with E-state index < -0.39 is 0 Å². The standard InChI is InChI=1S/C24H22Cl2N4O/c1-15-9-18(31-14-16-5-3-2-4-6-16)13-30(15)22-10-20(17-11-27-28-12-17)19-7-8-21(25)23(26)24(19)29-22/h2-8,10-12,15,18H,9,13-14H2,1H3,(H,27,28)/t15-,18-/m1/s1. The third-order valence-corrected chi connectivity index (χ3v) is 6.62. The molecule has 0 aliphatic carbocycles. The molecular weight excluding hydrogens is 431 g/mol. The number of pyridine rings is 1. The van der Waals surface area contributed by atoms with Crippen molar-refractivity contribution < 1.29 is 4.74 Å². The second kappa shape index (κ2) is 8.50. The van der Waals surface area contributed by atoms with E-state index in [4.69, 9.17) is 32.9 Å². The lowest BCUT2D eigenvalue weighted by Crippen LogP contribution is -2.28. The van der Waals surface area contributed by atoms with Gasteiger partial charge in [0.25, 0.3) is 0 Å². The van der Waals surface area contributed by atoms with Crippen LogP contribution in [0.1, 0.15) is 18.9 Å². The fourth-order valence-electron chi connectivity index (χ4n) is 4.21. The van der Waals surface area contributed by atoms with E-state index in [-0.39, 0.29) is 6.10 Å². The van der Waals surface area contributed by atoms with Crippen LogP contribution in [0.3, 0.4) is 0 Å². The number of fused-ring (bicyclic) bond motifs is 1. The minimum absolute atomic E-state index is 0.139. The van der Waals surface area contributed by atoms with Crippen LogP contribution in [0.15, 0.2) is 60.9 Å². The number of halogens is 2. The molecule has 0 radical (unpaired) electrons. The number of hydrogen-bond donors (Lipinski definition) is 1. The number of nitrogens with one attached hydrogen (secondary N) is 1. The van der Waals surface area contributed by atoms with Crippen LogP contribution < -0.4 is 4.90 Å². The van der Waals surface area contributed by atoms with Gasteiger partial charge >= 0.3 is 0 Å². The summed E-state index contributed by atoms with van der Waals surface area (Å²) in [7, 11) is 0. The number of hydrogen-bond acceptors (Lipinski definition) is 4. The van der Waals surface area contributed by atoms with Gasteiger partial charge in [-0.05, 0) is 36.6 Å². The Labute approximate surface area is 191 Å². The highest BCUT2D eigenvalue weighted by molar-refractivity contribution is 6.45. The molecule has 1 aliphatic rings. The van der Waals surface area contributed by atoms with Crippen molar-refractivity contribution in [3.05, 3.63) is 76.5 Å². The summed E-state index contributed by atoms with van der Waals surface area (Å²) < 4.78 is 6.21. The summed E-state index contributed by atoms with van der Waals surface area (Å²) in [5, 5.41) is 8.92. The Bertz CT molecular complexity index is 1200. The number of H-pyrrole nitrogens is 1. The van der Waals surface area contributed by atoms with E-state index >= 15 is 0 Å². The largest absolute Gasteiger partial charge is 0.372 e. The van der Waals surface area contributed by atoms with Crippen LogP contribution >= 0.6 is 23.2 Å². The highest BCUT2D eigenvalue weighted by Crippen LogP contribution is 2.38. The van der Waals surface area contributed by atoms with E-state index in [1.165, 1.54) is 5.56 Å². The van der Waals surface area contributed by atoms with Crippen molar-refractivity contribution in [2.45, 2.75) is 32.1 Å². The average Bonchev–Trinajstić information content (AvgIpc) is 3.45. The van der Waals surface area contributed by atoms with Gasteiger partial charge in [0.15, 0.2) is 0 Å². The molecule has 7 heteroatoms. The first-order valence-electron chi connectivity index (χ1n) is 10.3. The fraction of sp³-hybridized carbons (Fsp3) is 0.250. The van der Waals surface area contributed by atoms with E-state index in [9.17, 15) is 0 Å². The molecule has 1 saturated heterocycles. The molecule has 2 atom stereocenters. The summed E-state index contributed by atoms with van der Waals surface area (Å²) in [4.78, 5) is 7.20. The van der Waals surface area contributed by atoms with Gasteiger partial charge in [-0.2, -0.15) is 5.10 Å². The molecule has 0 bridgehead atoms. The summed E-state index contributed by atoms with van der Waals surface area (Å²) in [6.07, 6.45) is 4.76. The van der Waals surface area contributed by atoms with Gasteiger partial charge in [-0.1, -0.05) is 59.6 Å². The van der Waals surface area contributed by atoms with Crippen molar-refractivity contribution in [1.82, 2.24) is 15.2 Å². The van der Waals surface area contributed by atoms with Crippen LogP contribution in [-0.4, -0.2) is 33.9 Å². The summed E-state index contributed by atoms with van der Waals surface area (Å²) in [5.41, 5.74) is 3.88. The summed E-state index contributed by atoms with van der Waals surface area (Å²) in [6, 6.07) is 16.4. The number of ether oxygens (including phenoxy) is 1. The maximum absolute atomic E-state index is 6.56. The normalized spacial score (nSPS) is 18.7. The fourth-order valence-corrected chi connectivity index (χ4v) is 4.57. The van der Waals surface area contributed by atoms with E-state index in [0.717, 1.165) is 35.3 Å². The Balaban J connectivity index is 1.47. The van der Waals surface area contributed by atoms with E-state index in [2.05, 4.69) is 40.2 Å². The smallest absolute Gasteiger partial charge is 0.130 e. The van der Waals surface area contributed by atoms with E-state index in [1.54, 1.807) is 6.20 Å². The molecule has 3 heterocycles. The molecule has 4 aromatic rings. The molecular formula is C24H22Cl2N4O. The molecule has 0 unspecified atom stereocenters. The van der Waals surface area contributed by atoms with Crippen LogP contribution in [0.5, 0.6) is 0 Å². The van der Waals surface area contributed by atoms with Gasteiger partial charge in [0, 0.05) is 29.7 Å². The Morgan fingerprint density at radius 3 is 2.77 bits per heavy atom. The number of benzene rings is 2. The molecule has 0 spiro atoms. The van der Waals surface area contributed by atoms with Gasteiger partial charge in [0.05, 0.1) is 34.5 Å². The molecule has 0 saturated carbocycles. The van der Waals surface area contributed by atoms with E-state index in [1.807, 2.05) is 36.5 Å². The van der Waals surface area contributed by atoms with Crippen LogP contribution in [0.25, 0.3) is 22.0 Å². The molecule has 1 N–H and O–H groups in total. The Kier molecular flexibility index (Phi) is 5.57. The first-order valence-corrected chi connectivity index (χ1v) is 11.1. The molecule has 5 rings (SSSR count). The first kappa shape index (κ1) is 20.3. The van der Waals surface area contributed by atoms with Crippen LogP contribution in [0.4, 0.5) is 5.82 Å². The number of rotatable bonds is 5. The summed E-state index contributed by atoms with van der Waals surface area (Å²) in [6.45, 7) is 3.59. The predicted molar refractivity (Wildman–Crippen MR) is 126 cm³/mol. The third kappa shape index (κ3) is 4.01. The van der Waals surface area contributed by atoms with Gasteiger partial charge in [-0.25, -0.2) is 4.98 Å². The van der Waals surface area contributed by atoms with Crippen molar-refractivity contribution in [2.24, 2.45) is 0 Å². The lowest BCUT2D eigenvalue weighted by atomic mass is 10.0. The maximum Gasteiger partial charge on any atom is 0.130 e. The van der Waals surface area contributed by atoms with Gasteiger partial charge in [-0.15, -0.1) is 0 Å². The number of nitrogens with zero attached hydrogens (tertiary/aromatic N) is 3. The third-order valence-electron chi connectivity index (χ3n) is 5.83. The summed E-state index contributed by atoms with van der Waals surface area (Å²) >= 11 is 12.9. The molecule has 1 aliphatic heterocycles. The van der Waals surface area contributed by atoms with Crippen molar-refractivity contribution in [3.8, 4) is 11.1 Å². The Morgan fingerprint density at radius 1 is 1.16 bits per heavy atom. The van der Waals surface area contributed by atoms with Crippen molar-refractivity contribution in [2.75, 3.05) is 11.4 Å². The van der Waals surface area contributed by atoms with Gasteiger partial charge in [0.1, 0.15) is 5.82 Å². The highest BCUT2D eigenvalue weighted by Gasteiger charge is 2.31. The lowest BCUT2D eigenvalue weighted by molar-refractivity contribution is 0.0537. The van der Waals surface area contributed by atoms with Gasteiger partial charge in [-0.3, -0.25) is 5.10 Å². The zero-order valence-electron chi connectivity index (χ0n) is 17.1. The van der Waals surface area contributed by atoms with Crippen molar-refractivity contribution >= 4 is 39.9 Å². The minimum Gasteiger partial charge on any atom is -0.372 e. The second-order valence-corrected chi connectivity index (χ2v) is 8.71. The van der Waals surface area contributed by atoms with Crippen LogP contribution in [-0.2, 0) is 11.3 Å². The van der Waals surface area contributed by atoms with Crippen molar-refractivity contribution in [1.29, 1.82) is 0 Å². The Morgan fingerprint density at radius 2 is 2.00 bits per heavy atom. The maximum atomic E-state index is 6.56. The minimum atomic E-state index is 0.139. The van der Waals surface area contributed by atoms with Gasteiger partial charge < -0.3 is 9.64 Å². The average molecular weight is 453 g/mol. The van der Waals surface area contributed by atoms with Crippen molar-refractivity contribution in [3.63, 3.8) is 0 Å². The number of aromatic nitrogens is 3. The quantitative estimate of drug-likeness (QED) is 0.396. The summed E-state index contributed by atoms with van der Waals surface area (Å²) in [5.74, 6) is 0.867. The molecule has 0 amide bonds. The first-order chi connectivity index (χ1) is 15.1. The second-order valence-electron chi connectivity index (χ2n) is 7.93. The number of anilines is 1. The van der Waals surface area contributed by atoms with Gasteiger partial charge in [0.2, 0.25) is 0 Å². The molecule has 31 heavy (non-hydrogen) atoms. The van der Waals surface area contributed by atoms with Crippen LogP contribution in [0.2, 0.25) is 10.0 Å². The lowest BCUT2D eigenvalue weighted by Gasteiger charge is -2.24. The van der Waals surface area contributed by atoms with E-state index in [0.29, 0.717) is 28.2 Å².